The van der Waals surface area contributed by atoms with Gasteiger partial charge in [-0.1, -0.05) is 12.1 Å². The first-order valence-corrected chi connectivity index (χ1v) is 7.48. The monoisotopic (exact) mass is 291 g/mol. The average molecular weight is 291 g/mol. The molecule has 0 saturated heterocycles. The average Bonchev–Trinajstić information content (AvgIpc) is 3.30. The van der Waals surface area contributed by atoms with Gasteiger partial charge >= 0.3 is 0 Å². The minimum Gasteiger partial charge on any atom is -0.383 e. The van der Waals surface area contributed by atoms with Crippen molar-refractivity contribution in [2.75, 3.05) is 38.8 Å². The molecule has 116 valence electrons. The molecule has 5 nitrogen and oxygen atoms in total. The van der Waals surface area contributed by atoms with Crippen LogP contribution in [0.3, 0.4) is 0 Å². The largest absolute Gasteiger partial charge is 0.383 e. The molecule has 0 unspecified atom stereocenters. The molecule has 2 N–H and O–H groups in total. The molecule has 2 rings (SSSR count). The van der Waals surface area contributed by atoms with E-state index in [0.717, 1.165) is 18.3 Å². The molecule has 0 aliphatic heterocycles. The van der Waals surface area contributed by atoms with Gasteiger partial charge in [-0.15, -0.1) is 0 Å². The number of benzene rings is 1. The third kappa shape index (κ3) is 5.73. The Kier molecular flexibility index (Phi) is 6.02. The summed E-state index contributed by atoms with van der Waals surface area (Å²) in [5.74, 6) is 0.00836. The highest BCUT2D eigenvalue weighted by Gasteiger charge is 2.19. The van der Waals surface area contributed by atoms with E-state index in [2.05, 4.69) is 34.9 Å². The lowest BCUT2D eigenvalue weighted by Gasteiger charge is -2.19. The number of carbonyl (C=O) groups excluding carboxylic acids is 1. The maximum Gasteiger partial charge on any atom is 0.239 e. The summed E-state index contributed by atoms with van der Waals surface area (Å²) in [4.78, 5) is 13.7. The fourth-order valence-corrected chi connectivity index (χ4v) is 2.07. The van der Waals surface area contributed by atoms with Gasteiger partial charge in [-0.2, -0.15) is 0 Å². The van der Waals surface area contributed by atoms with Crippen molar-refractivity contribution in [3.8, 4) is 0 Å². The molecule has 5 heteroatoms. The molecule has 1 aliphatic carbocycles. The lowest BCUT2D eigenvalue weighted by molar-refractivity contribution is -0.119. The summed E-state index contributed by atoms with van der Waals surface area (Å²) < 4.78 is 4.90. The molecule has 0 radical (unpaired) electrons. The lowest BCUT2D eigenvalue weighted by atomic mass is 10.2. The van der Waals surface area contributed by atoms with E-state index in [-0.39, 0.29) is 5.91 Å². The maximum atomic E-state index is 11.7. The van der Waals surface area contributed by atoms with Crippen LogP contribution < -0.4 is 15.5 Å². The van der Waals surface area contributed by atoms with E-state index in [0.29, 0.717) is 19.7 Å². The van der Waals surface area contributed by atoms with Crippen LogP contribution in [0.15, 0.2) is 24.3 Å². The van der Waals surface area contributed by atoms with Crippen molar-refractivity contribution in [2.24, 2.45) is 0 Å². The van der Waals surface area contributed by atoms with Crippen LogP contribution in [0.1, 0.15) is 18.4 Å². The highest BCUT2D eigenvalue weighted by molar-refractivity contribution is 5.81. The van der Waals surface area contributed by atoms with Crippen LogP contribution in [0.25, 0.3) is 0 Å². The summed E-state index contributed by atoms with van der Waals surface area (Å²) in [7, 11) is 3.55. The second-order valence-corrected chi connectivity index (χ2v) is 5.52. The molecule has 0 aromatic heterocycles. The van der Waals surface area contributed by atoms with E-state index in [1.54, 1.807) is 7.11 Å². The van der Waals surface area contributed by atoms with Gasteiger partial charge in [0, 0.05) is 39.0 Å². The van der Waals surface area contributed by atoms with Gasteiger partial charge in [-0.25, -0.2) is 0 Å². The number of nitrogens with one attached hydrogen (secondary N) is 2. The first-order chi connectivity index (χ1) is 10.2. The third-order valence-corrected chi connectivity index (χ3v) is 3.56. The van der Waals surface area contributed by atoms with Gasteiger partial charge in [0.2, 0.25) is 5.91 Å². The van der Waals surface area contributed by atoms with Crippen LogP contribution in [-0.4, -0.2) is 45.8 Å². The Morgan fingerprint density at radius 3 is 2.67 bits per heavy atom. The summed E-state index contributed by atoms with van der Waals surface area (Å²) >= 11 is 0. The van der Waals surface area contributed by atoms with Crippen LogP contribution >= 0.6 is 0 Å². The van der Waals surface area contributed by atoms with Crippen molar-refractivity contribution in [3.05, 3.63) is 29.8 Å². The Morgan fingerprint density at radius 2 is 2.05 bits per heavy atom. The van der Waals surface area contributed by atoms with E-state index in [1.807, 2.05) is 11.9 Å². The summed E-state index contributed by atoms with van der Waals surface area (Å²) in [6.07, 6.45) is 2.61. The van der Waals surface area contributed by atoms with Crippen molar-refractivity contribution in [1.29, 1.82) is 0 Å². The summed E-state index contributed by atoms with van der Waals surface area (Å²) in [5.41, 5.74) is 2.33. The molecule has 1 aliphatic rings. The lowest BCUT2D eigenvalue weighted by Crippen LogP contribution is -2.36. The Bertz CT molecular complexity index is 443. The van der Waals surface area contributed by atoms with Crippen molar-refractivity contribution >= 4 is 11.6 Å². The van der Waals surface area contributed by atoms with Gasteiger partial charge in [-0.3, -0.25) is 4.79 Å². The third-order valence-electron chi connectivity index (χ3n) is 3.56. The fourth-order valence-electron chi connectivity index (χ4n) is 2.07. The first kappa shape index (κ1) is 15.8. The molecule has 0 heterocycles. The second-order valence-electron chi connectivity index (χ2n) is 5.52. The molecule has 21 heavy (non-hydrogen) atoms. The Morgan fingerprint density at radius 1 is 1.33 bits per heavy atom. The maximum absolute atomic E-state index is 11.7. The molecule has 1 aromatic rings. The number of hydrogen-bond acceptors (Lipinski definition) is 4. The van der Waals surface area contributed by atoms with Crippen LogP contribution in [0.4, 0.5) is 5.69 Å². The van der Waals surface area contributed by atoms with Gasteiger partial charge in [0.15, 0.2) is 0 Å². The Labute approximate surface area is 126 Å². The van der Waals surface area contributed by atoms with Crippen LogP contribution in [0.2, 0.25) is 0 Å². The number of carbonyl (C=O) groups is 1. The zero-order valence-electron chi connectivity index (χ0n) is 12.9. The van der Waals surface area contributed by atoms with Gasteiger partial charge in [-0.05, 0) is 30.5 Å². The number of ether oxygens (including phenoxy) is 1. The molecule has 0 atom stereocenters. The Hall–Kier alpha value is -1.59. The van der Waals surface area contributed by atoms with E-state index in [4.69, 9.17) is 4.74 Å². The van der Waals surface area contributed by atoms with Crippen molar-refractivity contribution in [3.63, 3.8) is 0 Å². The predicted octanol–water partition coefficient (Wildman–Crippen LogP) is 1.14. The number of rotatable bonds is 9. The number of anilines is 1. The number of hydrogen-bond donors (Lipinski definition) is 2. The zero-order chi connectivity index (χ0) is 15.1. The molecule has 0 bridgehead atoms. The molecule has 1 amide bonds. The minimum absolute atomic E-state index is 0.00836. The highest BCUT2D eigenvalue weighted by Crippen LogP contribution is 2.20. The van der Waals surface area contributed by atoms with E-state index in [9.17, 15) is 4.79 Å². The predicted molar refractivity (Wildman–Crippen MR) is 84.5 cm³/mol. The van der Waals surface area contributed by atoms with Gasteiger partial charge in [0.05, 0.1) is 13.2 Å². The fraction of sp³-hybridized carbons (Fsp3) is 0.562. The summed E-state index contributed by atoms with van der Waals surface area (Å²) in [6.45, 7) is 2.36. The van der Waals surface area contributed by atoms with Gasteiger partial charge in [0.25, 0.3) is 0 Å². The number of amides is 1. The number of nitrogens with zero attached hydrogens (tertiary/aromatic N) is 1. The van der Waals surface area contributed by atoms with Crippen LogP contribution in [0, 0.1) is 0 Å². The minimum atomic E-state index is 0.00836. The number of methoxy groups -OCH3 is 1. The van der Waals surface area contributed by atoms with Gasteiger partial charge < -0.3 is 20.3 Å². The molecule has 1 fully saturated rings. The first-order valence-electron chi connectivity index (χ1n) is 7.48. The number of likely N-dealkylation sites (N-methyl/N-ethyl adjacent to an activating group) is 1. The van der Waals surface area contributed by atoms with Crippen molar-refractivity contribution < 1.29 is 9.53 Å². The normalized spacial score (nSPS) is 14.0. The molecule has 0 spiro atoms. The molecule has 1 aromatic carbocycles. The summed E-state index contributed by atoms with van der Waals surface area (Å²) in [6, 6.07) is 9.08. The van der Waals surface area contributed by atoms with Crippen LogP contribution in [0.5, 0.6) is 0 Å². The van der Waals surface area contributed by atoms with Crippen LogP contribution in [-0.2, 0) is 16.1 Å². The standard InChI is InChI=1S/C16H25N3O2/c1-19(12-16(20)17-9-10-21-2)15-7-3-13(4-8-15)11-18-14-5-6-14/h3-4,7-8,14,18H,5-6,9-12H2,1-2H3,(H,17,20). The molecular weight excluding hydrogens is 266 g/mol. The van der Waals surface area contributed by atoms with Crippen molar-refractivity contribution in [1.82, 2.24) is 10.6 Å². The Balaban J connectivity index is 1.75. The van der Waals surface area contributed by atoms with Gasteiger partial charge in [0.1, 0.15) is 0 Å². The zero-order valence-corrected chi connectivity index (χ0v) is 12.9. The smallest absolute Gasteiger partial charge is 0.239 e. The van der Waals surface area contributed by atoms with E-state index >= 15 is 0 Å². The summed E-state index contributed by atoms with van der Waals surface area (Å²) in [5, 5.41) is 6.31. The van der Waals surface area contributed by atoms with E-state index in [1.165, 1.54) is 18.4 Å². The highest BCUT2D eigenvalue weighted by atomic mass is 16.5. The molecular formula is C16H25N3O2. The van der Waals surface area contributed by atoms with E-state index < -0.39 is 0 Å². The second kappa shape index (κ2) is 8.00. The SMILES string of the molecule is COCCNC(=O)CN(C)c1ccc(CNC2CC2)cc1. The quantitative estimate of drug-likeness (QED) is 0.670. The topological polar surface area (TPSA) is 53.6 Å². The van der Waals surface area contributed by atoms with Crippen molar-refractivity contribution in [2.45, 2.75) is 25.4 Å². The molecule has 1 saturated carbocycles.